The summed E-state index contributed by atoms with van der Waals surface area (Å²) in [7, 11) is 0. The molecular formula is C12H11NO2S. The van der Waals surface area contributed by atoms with E-state index in [2.05, 4.69) is 0 Å². The molecule has 2 N–H and O–H groups in total. The molecule has 0 fully saturated rings. The van der Waals surface area contributed by atoms with Gasteiger partial charge < -0.3 is 14.9 Å². The maximum atomic E-state index is 5.48. The normalized spacial score (nSPS) is 10.1. The van der Waals surface area contributed by atoms with Crippen LogP contribution < -0.4 is 10.5 Å². The fourth-order valence-electron chi connectivity index (χ4n) is 1.23. The molecule has 0 radical (unpaired) electrons. The molecule has 4 heteroatoms. The number of furan rings is 1. The van der Waals surface area contributed by atoms with E-state index in [-0.39, 0.29) is 4.99 Å². The minimum atomic E-state index is 0.221. The predicted octanol–water partition coefficient (Wildman–Crippen LogP) is 3.01. The molecule has 16 heavy (non-hydrogen) atoms. The summed E-state index contributed by atoms with van der Waals surface area (Å²) in [4.78, 5) is 0.221. The van der Waals surface area contributed by atoms with Crippen molar-refractivity contribution in [3.05, 3.63) is 47.7 Å². The van der Waals surface area contributed by atoms with E-state index in [4.69, 9.17) is 27.1 Å². The first kappa shape index (κ1) is 10.7. The third kappa shape index (κ3) is 2.41. The number of benzene rings is 1. The molecule has 3 nitrogen and oxygen atoms in total. The van der Waals surface area contributed by atoms with Gasteiger partial charge in [-0.15, -0.1) is 0 Å². The lowest BCUT2D eigenvalue weighted by Crippen LogP contribution is -2.07. The molecule has 0 saturated carbocycles. The smallest absolute Gasteiger partial charge is 0.290 e. The Morgan fingerprint density at radius 1 is 1.19 bits per heavy atom. The summed E-state index contributed by atoms with van der Waals surface area (Å²) in [5, 5.41) is 0. The molecule has 0 bridgehead atoms. The lowest BCUT2D eigenvalue weighted by atomic mass is 10.2. The predicted molar refractivity (Wildman–Crippen MR) is 65.8 cm³/mol. The van der Waals surface area contributed by atoms with Gasteiger partial charge in [0.2, 0.25) is 0 Å². The standard InChI is InChI=1S/C12H11NO2S/c1-8-2-4-9(5-3-8)14-11-7-6-10(15-11)12(13)16/h2-7H,1H3,(H2,13,16). The van der Waals surface area contributed by atoms with Crippen LogP contribution >= 0.6 is 12.2 Å². The Bertz CT molecular complexity index is 502. The largest absolute Gasteiger partial charge is 0.426 e. The van der Waals surface area contributed by atoms with Gasteiger partial charge in [0.1, 0.15) is 10.7 Å². The van der Waals surface area contributed by atoms with E-state index >= 15 is 0 Å². The molecule has 82 valence electrons. The summed E-state index contributed by atoms with van der Waals surface area (Å²) in [6, 6.07) is 11.1. The van der Waals surface area contributed by atoms with E-state index in [0.717, 1.165) is 5.75 Å². The summed E-state index contributed by atoms with van der Waals surface area (Å²) in [5.74, 6) is 1.55. The van der Waals surface area contributed by atoms with Crippen molar-refractivity contribution in [2.75, 3.05) is 0 Å². The van der Waals surface area contributed by atoms with Gasteiger partial charge in [0, 0.05) is 6.07 Å². The van der Waals surface area contributed by atoms with E-state index in [1.165, 1.54) is 5.56 Å². The van der Waals surface area contributed by atoms with Gasteiger partial charge in [0.05, 0.1) is 0 Å². The second-order valence-electron chi connectivity index (χ2n) is 3.40. The second-order valence-corrected chi connectivity index (χ2v) is 3.84. The van der Waals surface area contributed by atoms with Gasteiger partial charge in [0.25, 0.3) is 5.95 Å². The molecule has 0 unspecified atom stereocenters. The minimum Gasteiger partial charge on any atom is -0.426 e. The molecule has 0 amide bonds. The number of thiocarbonyl (C=S) groups is 1. The van der Waals surface area contributed by atoms with E-state index < -0.39 is 0 Å². The molecule has 0 atom stereocenters. The van der Waals surface area contributed by atoms with Crippen LogP contribution in [0.4, 0.5) is 0 Å². The third-order valence-electron chi connectivity index (χ3n) is 2.06. The lowest BCUT2D eigenvalue weighted by Gasteiger charge is -2.01. The zero-order valence-corrected chi connectivity index (χ0v) is 9.58. The first-order valence-electron chi connectivity index (χ1n) is 4.79. The fraction of sp³-hybridized carbons (Fsp3) is 0.0833. The number of ether oxygens (including phenoxy) is 1. The molecule has 2 rings (SSSR count). The van der Waals surface area contributed by atoms with Crippen LogP contribution in [0.5, 0.6) is 11.7 Å². The lowest BCUT2D eigenvalue weighted by molar-refractivity contribution is 0.344. The van der Waals surface area contributed by atoms with Crippen LogP contribution in [-0.4, -0.2) is 4.99 Å². The Labute approximate surface area is 98.8 Å². The van der Waals surface area contributed by atoms with Gasteiger partial charge in [-0.3, -0.25) is 0 Å². The maximum Gasteiger partial charge on any atom is 0.290 e. The molecule has 0 aliphatic carbocycles. The van der Waals surface area contributed by atoms with Crippen LogP contribution in [0.2, 0.25) is 0 Å². The van der Waals surface area contributed by atoms with Crippen LogP contribution in [0.1, 0.15) is 11.3 Å². The topological polar surface area (TPSA) is 48.4 Å². The summed E-state index contributed by atoms with van der Waals surface area (Å²) in [6.07, 6.45) is 0. The average Bonchev–Trinajstić information content (AvgIpc) is 2.70. The number of hydrogen-bond donors (Lipinski definition) is 1. The van der Waals surface area contributed by atoms with E-state index in [1.807, 2.05) is 31.2 Å². The highest BCUT2D eigenvalue weighted by Gasteiger charge is 2.05. The third-order valence-corrected chi connectivity index (χ3v) is 2.26. The molecule has 0 saturated heterocycles. The SMILES string of the molecule is Cc1ccc(Oc2ccc(C(N)=S)o2)cc1. The van der Waals surface area contributed by atoms with Crippen LogP contribution in [-0.2, 0) is 0 Å². The molecule has 1 aromatic heterocycles. The maximum absolute atomic E-state index is 5.48. The van der Waals surface area contributed by atoms with E-state index in [0.29, 0.717) is 11.7 Å². The Balaban J connectivity index is 2.14. The van der Waals surface area contributed by atoms with Crippen LogP contribution in [0.3, 0.4) is 0 Å². The van der Waals surface area contributed by atoms with Crippen molar-refractivity contribution < 1.29 is 9.15 Å². The molecule has 1 heterocycles. The fourth-order valence-corrected chi connectivity index (χ4v) is 1.34. The van der Waals surface area contributed by atoms with Gasteiger partial charge in [-0.2, -0.15) is 0 Å². The molecule has 2 aromatic rings. The highest BCUT2D eigenvalue weighted by Crippen LogP contribution is 2.23. The van der Waals surface area contributed by atoms with Crippen molar-refractivity contribution >= 4 is 17.2 Å². The Hall–Kier alpha value is -1.81. The molecule has 0 spiro atoms. The van der Waals surface area contributed by atoms with Crippen molar-refractivity contribution in [3.8, 4) is 11.7 Å². The van der Waals surface area contributed by atoms with E-state index in [9.17, 15) is 0 Å². The number of aryl methyl sites for hydroxylation is 1. The van der Waals surface area contributed by atoms with Crippen molar-refractivity contribution in [2.24, 2.45) is 5.73 Å². The first-order valence-corrected chi connectivity index (χ1v) is 5.20. The highest BCUT2D eigenvalue weighted by atomic mass is 32.1. The summed E-state index contributed by atoms with van der Waals surface area (Å²) >= 11 is 4.79. The van der Waals surface area contributed by atoms with Crippen molar-refractivity contribution in [2.45, 2.75) is 6.92 Å². The summed E-state index contributed by atoms with van der Waals surface area (Å²) in [6.45, 7) is 2.02. The van der Waals surface area contributed by atoms with E-state index in [1.54, 1.807) is 12.1 Å². The molecule has 0 aliphatic heterocycles. The number of rotatable bonds is 3. The Morgan fingerprint density at radius 3 is 2.44 bits per heavy atom. The monoisotopic (exact) mass is 233 g/mol. The van der Waals surface area contributed by atoms with Crippen molar-refractivity contribution in [3.63, 3.8) is 0 Å². The average molecular weight is 233 g/mol. The molecule has 1 aromatic carbocycles. The van der Waals surface area contributed by atoms with Gasteiger partial charge in [0.15, 0.2) is 5.76 Å². The van der Waals surface area contributed by atoms with Gasteiger partial charge >= 0.3 is 0 Å². The van der Waals surface area contributed by atoms with Gasteiger partial charge in [-0.25, -0.2) is 0 Å². The zero-order valence-electron chi connectivity index (χ0n) is 8.77. The highest BCUT2D eigenvalue weighted by molar-refractivity contribution is 7.80. The summed E-state index contributed by atoms with van der Waals surface area (Å²) < 4.78 is 10.8. The Kier molecular flexibility index (Phi) is 2.92. The van der Waals surface area contributed by atoms with Crippen molar-refractivity contribution in [1.29, 1.82) is 0 Å². The van der Waals surface area contributed by atoms with Gasteiger partial charge in [-0.05, 0) is 25.1 Å². The minimum absolute atomic E-state index is 0.221. The molecule has 0 aliphatic rings. The van der Waals surface area contributed by atoms with Gasteiger partial charge in [-0.1, -0.05) is 29.9 Å². The Morgan fingerprint density at radius 2 is 1.88 bits per heavy atom. The molecular weight excluding hydrogens is 222 g/mol. The second kappa shape index (κ2) is 4.37. The van der Waals surface area contributed by atoms with Crippen LogP contribution in [0, 0.1) is 6.92 Å². The van der Waals surface area contributed by atoms with Crippen LogP contribution in [0.15, 0.2) is 40.8 Å². The van der Waals surface area contributed by atoms with Crippen LogP contribution in [0.25, 0.3) is 0 Å². The number of hydrogen-bond acceptors (Lipinski definition) is 3. The summed E-state index contributed by atoms with van der Waals surface area (Å²) in [5.41, 5.74) is 6.60. The quantitative estimate of drug-likeness (QED) is 0.828. The first-order chi connectivity index (χ1) is 7.65. The zero-order chi connectivity index (χ0) is 11.5. The van der Waals surface area contributed by atoms with Crippen molar-refractivity contribution in [1.82, 2.24) is 0 Å². The number of nitrogens with two attached hydrogens (primary N) is 1.